The quantitative estimate of drug-likeness (QED) is 0.591. The van der Waals surface area contributed by atoms with Crippen LogP contribution in [0.15, 0.2) is 18.5 Å². The second-order valence-electron chi connectivity index (χ2n) is 9.65. The number of hydrogen-bond acceptors (Lipinski definition) is 5. The molecular formula is C24H27F3N8O. The fourth-order valence-corrected chi connectivity index (χ4v) is 5.26. The monoisotopic (exact) mass is 500 g/mol. The summed E-state index contributed by atoms with van der Waals surface area (Å²) in [6.45, 7) is 2.07. The van der Waals surface area contributed by atoms with E-state index in [1.54, 1.807) is 25.2 Å². The van der Waals surface area contributed by atoms with Crippen molar-refractivity contribution in [1.29, 1.82) is 0 Å². The largest absolute Gasteiger partial charge is 0.418 e. The van der Waals surface area contributed by atoms with Crippen molar-refractivity contribution in [2.75, 3.05) is 25.0 Å². The molecule has 9 nitrogen and oxygen atoms in total. The zero-order valence-electron chi connectivity index (χ0n) is 20.1. The van der Waals surface area contributed by atoms with Gasteiger partial charge in [0, 0.05) is 51.4 Å². The minimum absolute atomic E-state index is 0.104. The van der Waals surface area contributed by atoms with Crippen LogP contribution in [0.2, 0.25) is 0 Å². The summed E-state index contributed by atoms with van der Waals surface area (Å²) in [6.07, 6.45) is 1.80. The smallest absolute Gasteiger partial charge is 0.341 e. The van der Waals surface area contributed by atoms with Gasteiger partial charge in [-0.3, -0.25) is 4.68 Å². The Morgan fingerprint density at radius 3 is 2.64 bits per heavy atom. The van der Waals surface area contributed by atoms with E-state index < -0.39 is 11.7 Å². The number of hydrogen-bond donors (Lipinski definition) is 1. The lowest BCUT2D eigenvalue weighted by Gasteiger charge is -2.33. The Labute approximate surface area is 205 Å². The molecule has 1 fully saturated rings. The van der Waals surface area contributed by atoms with E-state index in [-0.39, 0.29) is 11.7 Å². The van der Waals surface area contributed by atoms with Crippen molar-refractivity contribution in [3.8, 4) is 11.3 Å². The zero-order chi connectivity index (χ0) is 25.2. The molecule has 36 heavy (non-hydrogen) atoms. The number of fused-ring (bicyclic) bond motifs is 2. The standard InChI is InChI=1S/C24H27F3N8O/c1-28-23(36)33-8-9-35-19(13-33)22(31-21(35)14-5-6-14)34-7-3-4-17-18(34)10-16(24(25,26)27)20(30-17)15-11-29-32(2)12-15/h10-12,14H,3-9,13H2,1-2H3,(H,28,36). The SMILES string of the molecule is CNC(=O)N1CCn2c(C3CC3)nc(N3CCCc4nc(-c5cnn(C)c5)c(C(F)(F)F)cc43)c2C1. The van der Waals surface area contributed by atoms with Crippen LogP contribution in [0.25, 0.3) is 11.3 Å². The van der Waals surface area contributed by atoms with Crippen LogP contribution in [-0.4, -0.2) is 55.4 Å². The molecule has 0 spiro atoms. The molecule has 1 aliphatic carbocycles. The lowest BCUT2D eigenvalue weighted by atomic mass is 10.0. The number of aryl methyl sites for hydroxylation is 2. The van der Waals surface area contributed by atoms with Gasteiger partial charge >= 0.3 is 12.2 Å². The number of nitrogens with one attached hydrogen (secondary N) is 1. The van der Waals surface area contributed by atoms with Crippen molar-refractivity contribution in [2.24, 2.45) is 7.05 Å². The van der Waals surface area contributed by atoms with Gasteiger partial charge in [0.15, 0.2) is 5.82 Å². The first-order valence-electron chi connectivity index (χ1n) is 12.2. The lowest BCUT2D eigenvalue weighted by molar-refractivity contribution is -0.137. The lowest BCUT2D eigenvalue weighted by Crippen LogP contribution is -2.43. The topological polar surface area (TPSA) is 84.1 Å². The van der Waals surface area contributed by atoms with E-state index in [4.69, 9.17) is 4.98 Å². The van der Waals surface area contributed by atoms with Crippen LogP contribution in [0.4, 0.5) is 29.5 Å². The van der Waals surface area contributed by atoms with Gasteiger partial charge in [-0.2, -0.15) is 18.3 Å². The fraction of sp³-hybridized carbons (Fsp3) is 0.500. The van der Waals surface area contributed by atoms with Gasteiger partial charge < -0.3 is 19.7 Å². The van der Waals surface area contributed by atoms with Gasteiger partial charge in [-0.15, -0.1) is 0 Å². The molecule has 0 bridgehead atoms. The average molecular weight is 501 g/mol. The van der Waals surface area contributed by atoms with E-state index in [1.807, 2.05) is 4.90 Å². The third-order valence-electron chi connectivity index (χ3n) is 7.16. The van der Waals surface area contributed by atoms with Crippen LogP contribution in [-0.2, 0) is 32.7 Å². The number of urea groups is 1. The number of anilines is 2. The molecule has 5 heterocycles. The second-order valence-corrected chi connectivity index (χ2v) is 9.65. The number of halogens is 3. The summed E-state index contributed by atoms with van der Waals surface area (Å²) in [5.74, 6) is 1.97. The summed E-state index contributed by atoms with van der Waals surface area (Å²) in [7, 11) is 3.26. The minimum Gasteiger partial charge on any atom is -0.341 e. The summed E-state index contributed by atoms with van der Waals surface area (Å²) < 4.78 is 46.4. The van der Waals surface area contributed by atoms with E-state index in [0.29, 0.717) is 61.3 Å². The molecule has 1 N–H and O–H groups in total. The number of pyridine rings is 1. The van der Waals surface area contributed by atoms with E-state index >= 15 is 0 Å². The normalized spacial score (nSPS) is 17.7. The Bertz CT molecular complexity index is 1340. The number of imidazole rings is 1. The first-order valence-corrected chi connectivity index (χ1v) is 12.2. The molecule has 3 aromatic rings. The molecule has 0 saturated heterocycles. The highest BCUT2D eigenvalue weighted by molar-refractivity contribution is 5.75. The predicted octanol–water partition coefficient (Wildman–Crippen LogP) is 3.81. The van der Waals surface area contributed by atoms with Crippen molar-refractivity contribution in [1.82, 2.24) is 34.5 Å². The van der Waals surface area contributed by atoms with E-state index in [1.165, 1.54) is 16.9 Å². The minimum atomic E-state index is -4.58. The molecule has 0 aromatic carbocycles. The molecule has 190 valence electrons. The molecular weight excluding hydrogens is 473 g/mol. The fourth-order valence-electron chi connectivity index (χ4n) is 5.26. The van der Waals surface area contributed by atoms with Crippen LogP contribution < -0.4 is 10.2 Å². The van der Waals surface area contributed by atoms with Gasteiger partial charge in [0.2, 0.25) is 0 Å². The summed E-state index contributed by atoms with van der Waals surface area (Å²) in [5, 5.41) is 6.71. The molecule has 2 amide bonds. The molecule has 12 heteroatoms. The molecule has 0 unspecified atom stereocenters. The van der Waals surface area contributed by atoms with Crippen LogP contribution in [0.1, 0.15) is 48.0 Å². The number of nitrogens with zero attached hydrogens (tertiary/aromatic N) is 7. The third kappa shape index (κ3) is 3.79. The molecule has 0 atom stereocenters. The highest BCUT2D eigenvalue weighted by Gasteiger charge is 2.40. The van der Waals surface area contributed by atoms with Crippen molar-refractivity contribution < 1.29 is 18.0 Å². The number of carbonyl (C=O) groups is 1. The number of aromatic nitrogens is 5. The third-order valence-corrected chi connectivity index (χ3v) is 7.16. The van der Waals surface area contributed by atoms with Crippen molar-refractivity contribution in [2.45, 2.75) is 50.9 Å². The van der Waals surface area contributed by atoms with Gasteiger partial charge in [0.25, 0.3) is 0 Å². The van der Waals surface area contributed by atoms with Gasteiger partial charge in [-0.25, -0.2) is 14.8 Å². The van der Waals surface area contributed by atoms with Crippen molar-refractivity contribution in [3.05, 3.63) is 41.2 Å². The molecule has 3 aromatic heterocycles. The maximum Gasteiger partial charge on any atom is 0.418 e. The van der Waals surface area contributed by atoms with E-state index in [0.717, 1.165) is 30.8 Å². The molecule has 3 aliphatic rings. The van der Waals surface area contributed by atoms with E-state index in [2.05, 4.69) is 20.0 Å². The maximum atomic E-state index is 14.3. The van der Waals surface area contributed by atoms with Crippen LogP contribution in [0.3, 0.4) is 0 Å². The first-order chi connectivity index (χ1) is 17.2. The van der Waals surface area contributed by atoms with Crippen LogP contribution in [0, 0.1) is 0 Å². The number of alkyl halides is 3. The molecule has 6 rings (SSSR count). The van der Waals surface area contributed by atoms with Crippen LogP contribution >= 0.6 is 0 Å². The molecule has 1 saturated carbocycles. The number of amides is 2. The maximum absolute atomic E-state index is 14.3. The van der Waals surface area contributed by atoms with Crippen LogP contribution in [0.5, 0.6) is 0 Å². The molecule has 0 radical (unpaired) electrons. The van der Waals surface area contributed by atoms with Gasteiger partial charge in [0.05, 0.1) is 41.1 Å². The van der Waals surface area contributed by atoms with Gasteiger partial charge in [-0.1, -0.05) is 0 Å². The molecule has 2 aliphatic heterocycles. The Hall–Kier alpha value is -3.57. The Morgan fingerprint density at radius 2 is 1.97 bits per heavy atom. The Balaban J connectivity index is 1.48. The zero-order valence-corrected chi connectivity index (χ0v) is 20.1. The highest BCUT2D eigenvalue weighted by Crippen LogP contribution is 2.46. The summed E-state index contributed by atoms with van der Waals surface area (Å²) >= 11 is 0. The highest BCUT2D eigenvalue weighted by atomic mass is 19.4. The summed E-state index contributed by atoms with van der Waals surface area (Å²) in [4.78, 5) is 25.5. The van der Waals surface area contributed by atoms with Crippen molar-refractivity contribution >= 4 is 17.5 Å². The number of carbonyl (C=O) groups excluding carboxylic acids is 1. The Morgan fingerprint density at radius 1 is 1.17 bits per heavy atom. The van der Waals surface area contributed by atoms with Gasteiger partial charge in [-0.05, 0) is 31.7 Å². The van der Waals surface area contributed by atoms with E-state index in [9.17, 15) is 18.0 Å². The van der Waals surface area contributed by atoms with Gasteiger partial charge in [0.1, 0.15) is 5.82 Å². The number of rotatable bonds is 3. The summed E-state index contributed by atoms with van der Waals surface area (Å²) in [6, 6.07) is 1.04. The average Bonchev–Trinajstić information content (AvgIpc) is 3.50. The summed E-state index contributed by atoms with van der Waals surface area (Å²) in [5.41, 5.74) is 1.35. The van der Waals surface area contributed by atoms with Crippen molar-refractivity contribution in [3.63, 3.8) is 0 Å². The predicted molar refractivity (Wildman–Crippen MR) is 126 cm³/mol. The second kappa shape index (κ2) is 8.24. The first kappa shape index (κ1) is 22.9. The Kier molecular flexibility index (Phi) is 5.23.